The summed E-state index contributed by atoms with van der Waals surface area (Å²) in [5, 5.41) is 0.163. The maximum Gasteiger partial charge on any atom is 0.252 e. The molecule has 0 aliphatic heterocycles. The van der Waals surface area contributed by atoms with Gasteiger partial charge in [0.25, 0.3) is 5.56 Å². The Morgan fingerprint density at radius 3 is 2.53 bits per heavy atom. The maximum atomic E-state index is 13.5. The van der Waals surface area contributed by atoms with Crippen LogP contribution in [0.3, 0.4) is 0 Å². The Morgan fingerprint density at radius 2 is 1.88 bits per heavy atom. The zero-order valence-corrected chi connectivity index (χ0v) is 9.63. The van der Waals surface area contributed by atoms with Crippen LogP contribution in [0.2, 0.25) is 5.15 Å². The van der Waals surface area contributed by atoms with E-state index in [9.17, 15) is 13.6 Å². The van der Waals surface area contributed by atoms with Crippen molar-refractivity contribution < 1.29 is 8.78 Å². The van der Waals surface area contributed by atoms with Crippen molar-refractivity contribution in [2.75, 3.05) is 0 Å². The summed E-state index contributed by atoms with van der Waals surface area (Å²) in [7, 11) is 1.50. The maximum absolute atomic E-state index is 13.5. The molecule has 2 nitrogen and oxygen atoms in total. The van der Waals surface area contributed by atoms with Crippen molar-refractivity contribution in [2.45, 2.75) is 0 Å². The molecule has 17 heavy (non-hydrogen) atoms. The molecule has 5 heteroatoms. The molecule has 0 fully saturated rings. The molecule has 1 aromatic heterocycles. The zero-order chi connectivity index (χ0) is 12.6. The number of halogens is 3. The molecule has 1 heterocycles. The highest BCUT2D eigenvalue weighted by Crippen LogP contribution is 2.24. The fourth-order valence-electron chi connectivity index (χ4n) is 1.48. The second-order valence-electron chi connectivity index (χ2n) is 3.59. The van der Waals surface area contributed by atoms with Gasteiger partial charge in [0.15, 0.2) is 0 Å². The number of benzene rings is 1. The van der Waals surface area contributed by atoms with E-state index in [0.717, 1.165) is 18.2 Å². The van der Waals surface area contributed by atoms with Crippen LogP contribution in [0.15, 0.2) is 35.1 Å². The monoisotopic (exact) mass is 255 g/mol. The van der Waals surface area contributed by atoms with Crippen LogP contribution in [0, 0.1) is 11.6 Å². The molecule has 0 spiro atoms. The van der Waals surface area contributed by atoms with Gasteiger partial charge in [0, 0.05) is 18.7 Å². The molecule has 1 aromatic carbocycles. The van der Waals surface area contributed by atoms with Gasteiger partial charge in [0.05, 0.1) is 0 Å². The minimum atomic E-state index is -0.601. The molecule has 0 saturated heterocycles. The van der Waals surface area contributed by atoms with E-state index in [1.165, 1.54) is 23.7 Å². The molecule has 0 atom stereocenters. The lowest BCUT2D eigenvalue weighted by Gasteiger charge is -2.06. The summed E-state index contributed by atoms with van der Waals surface area (Å²) in [4.78, 5) is 11.5. The van der Waals surface area contributed by atoms with Gasteiger partial charge in [-0.2, -0.15) is 0 Å². The summed E-state index contributed by atoms with van der Waals surface area (Å²) in [6.45, 7) is 0. The van der Waals surface area contributed by atoms with Crippen molar-refractivity contribution >= 4 is 11.6 Å². The molecular formula is C12H8ClF2NO. The van der Waals surface area contributed by atoms with E-state index in [1.54, 1.807) is 0 Å². The quantitative estimate of drug-likeness (QED) is 0.718. The average Bonchev–Trinajstić information content (AvgIpc) is 2.28. The van der Waals surface area contributed by atoms with E-state index in [1.807, 2.05) is 0 Å². The second-order valence-corrected chi connectivity index (χ2v) is 3.98. The smallest absolute Gasteiger partial charge is 0.252 e. The van der Waals surface area contributed by atoms with Crippen molar-refractivity contribution in [1.29, 1.82) is 0 Å². The summed E-state index contributed by atoms with van der Waals surface area (Å²) in [6.07, 6.45) is 0. The van der Waals surface area contributed by atoms with Gasteiger partial charge in [-0.25, -0.2) is 8.78 Å². The minimum absolute atomic E-state index is 0.0181. The Morgan fingerprint density at radius 1 is 1.18 bits per heavy atom. The standard InChI is InChI=1S/C12H8ClF2NO/c1-16-11(13)4-7(5-12(16)17)9-6-8(14)2-3-10(9)15/h2-6H,1H3. The van der Waals surface area contributed by atoms with Gasteiger partial charge in [0.2, 0.25) is 0 Å². The van der Waals surface area contributed by atoms with Crippen LogP contribution in [-0.4, -0.2) is 4.57 Å². The number of aromatic nitrogens is 1. The Hall–Kier alpha value is -1.68. The largest absolute Gasteiger partial charge is 0.302 e. The number of rotatable bonds is 1. The molecule has 0 N–H and O–H groups in total. The average molecular weight is 256 g/mol. The summed E-state index contributed by atoms with van der Waals surface area (Å²) in [6, 6.07) is 5.68. The predicted octanol–water partition coefficient (Wildman–Crippen LogP) is 2.98. The lowest BCUT2D eigenvalue weighted by atomic mass is 10.1. The lowest BCUT2D eigenvalue weighted by Crippen LogP contribution is -2.16. The first-order valence-corrected chi connectivity index (χ1v) is 5.19. The number of hydrogen-bond donors (Lipinski definition) is 0. The lowest BCUT2D eigenvalue weighted by molar-refractivity contribution is 0.603. The van der Waals surface area contributed by atoms with E-state index in [4.69, 9.17) is 11.6 Å². The molecule has 0 bridgehead atoms. The van der Waals surface area contributed by atoms with Gasteiger partial charge in [0.1, 0.15) is 16.8 Å². The number of nitrogens with zero attached hydrogens (tertiary/aromatic N) is 1. The first kappa shape index (κ1) is 11.8. The van der Waals surface area contributed by atoms with Crippen molar-refractivity contribution in [3.63, 3.8) is 0 Å². The van der Waals surface area contributed by atoms with Gasteiger partial charge in [-0.3, -0.25) is 4.79 Å². The molecular weight excluding hydrogens is 248 g/mol. The van der Waals surface area contributed by atoms with Crippen LogP contribution in [0.1, 0.15) is 0 Å². The molecule has 0 aliphatic carbocycles. The highest BCUT2D eigenvalue weighted by Gasteiger charge is 2.09. The highest BCUT2D eigenvalue weighted by molar-refractivity contribution is 6.29. The summed E-state index contributed by atoms with van der Waals surface area (Å²) in [5.74, 6) is -1.17. The van der Waals surface area contributed by atoms with E-state index < -0.39 is 11.6 Å². The molecule has 0 amide bonds. The predicted molar refractivity (Wildman–Crippen MR) is 62.0 cm³/mol. The van der Waals surface area contributed by atoms with Crippen molar-refractivity contribution in [2.24, 2.45) is 7.05 Å². The molecule has 2 aromatic rings. The molecule has 0 saturated carbocycles. The Labute approximate surface area is 101 Å². The van der Waals surface area contributed by atoms with Gasteiger partial charge >= 0.3 is 0 Å². The third kappa shape index (κ3) is 2.22. The Balaban J connectivity index is 2.69. The Kier molecular flexibility index (Phi) is 2.98. The molecule has 88 valence electrons. The zero-order valence-electron chi connectivity index (χ0n) is 8.88. The van der Waals surface area contributed by atoms with Crippen LogP contribution in [-0.2, 0) is 7.05 Å². The first-order valence-electron chi connectivity index (χ1n) is 4.81. The van der Waals surface area contributed by atoms with Crippen LogP contribution in [0.4, 0.5) is 8.78 Å². The van der Waals surface area contributed by atoms with Crippen molar-refractivity contribution in [3.05, 3.63) is 57.5 Å². The van der Waals surface area contributed by atoms with Crippen LogP contribution in [0.5, 0.6) is 0 Å². The second kappa shape index (κ2) is 4.30. The molecule has 2 rings (SSSR count). The van der Waals surface area contributed by atoms with Gasteiger partial charge in [-0.05, 0) is 29.8 Å². The fourth-order valence-corrected chi connectivity index (χ4v) is 1.68. The molecule has 0 unspecified atom stereocenters. The van der Waals surface area contributed by atoms with Gasteiger partial charge in [-0.15, -0.1) is 0 Å². The van der Waals surface area contributed by atoms with Gasteiger partial charge in [-0.1, -0.05) is 11.6 Å². The Bertz CT molecular complexity index is 637. The van der Waals surface area contributed by atoms with Crippen molar-refractivity contribution in [3.8, 4) is 11.1 Å². The number of hydrogen-bond acceptors (Lipinski definition) is 1. The SMILES string of the molecule is Cn1c(Cl)cc(-c2cc(F)ccc2F)cc1=O. The van der Waals surface area contributed by atoms with E-state index >= 15 is 0 Å². The van der Waals surface area contributed by atoms with Gasteiger partial charge < -0.3 is 4.57 Å². The normalized spacial score (nSPS) is 10.6. The van der Waals surface area contributed by atoms with Crippen LogP contribution >= 0.6 is 11.6 Å². The third-order valence-corrected chi connectivity index (χ3v) is 2.81. The van der Waals surface area contributed by atoms with E-state index in [0.29, 0.717) is 0 Å². The molecule has 0 radical (unpaired) electrons. The van der Waals surface area contributed by atoms with E-state index in [2.05, 4.69) is 0 Å². The highest BCUT2D eigenvalue weighted by atomic mass is 35.5. The summed E-state index contributed by atoms with van der Waals surface area (Å²) >= 11 is 5.81. The molecule has 0 aliphatic rings. The van der Waals surface area contributed by atoms with Crippen molar-refractivity contribution in [1.82, 2.24) is 4.57 Å². The fraction of sp³-hybridized carbons (Fsp3) is 0.0833. The minimum Gasteiger partial charge on any atom is -0.302 e. The van der Waals surface area contributed by atoms with Crippen LogP contribution in [0.25, 0.3) is 11.1 Å². The first-order chi connectivity index (χ1) is 7.99. The third-order valence-electron chi connectivity index (χ3n) is 2.44. The van der Waals surface area contributed by atoms with E-state index in [-0.39, 0.29) is 21.8 Å². The topological polar surface area (TPSA) is 22.0 Å². The summed E-state index contributed by atoms with van der Waals surface area (Å²) in [5.41, 5.74) is -0.101. The van der Waals surface area contributed by atoms with Crippen LogP contribution < -0.4 is 5.56 Å². The summed E-state index contributed by atoms with van der Waals surface area (Å²) < 4.78 is 27.7. The number of pyridine rings is 1.